The van der Waals surface area contributed by atoms with Crippen molar-refractivity contribution >= 4 is 0 Å². The molecule has 0 heterocycles. The first-order valence-corrected chi connectivity index (χ1v) is 9.56. The number of aliphatic hydroxyl groups excluding tert-OH is 1. The topological polar surface area (TPSA) is 29.5 Å². The Morgan fingerprint density at radius 1 is 0.800 bits per heavy atom. The van der Waals surface area contributed by atoms with E-state index in [4.69, 9.17) is 4.74 Å². The molecule has 0 amide bonds. The van der Waals surface area contributed by atoms with Crippen LogP contribution in [0.2, 0.25) is 0 Å². The molecule has 3 aliphatic rings. The number of aliphatic hydroxyl groups is 1. The zero-order chi connectivity index (χ0) is 17.2. The second kappa shape index (κ2) is 6.93. The summed E-state index contributed by atoms with van der Waals surface area (Å²) in [5.74, 6) is 0. The maximum atomic E-state index is 11.0. The minimum absolute atomic E-state index is 0.0858. The molecule has 0 spiro atoms. The molecule has 2 nitrogen and oxygen atoms in total. The van der Waals surface area contributed by atoms with E-state index in [-0.39, 0.29) is 11.5 Å². The van der Waals surface area contributed by atoms with Gasteiger partial charge in [0.1, 0.15) is 0 Å². The maximum Gasteiger partial charge on any atom is 0.0846 e. The first kappa shape index (κ1) is 16.8. The summed E-state index contributed by atoms with van der Waals surface area (Å²) in [6.07, 6.45) is 6.60. The molecule has 0 aromatic heterocycles. The summed E-state index contributed by atoms with van der Waals surface area (Å²) in [5.41, 5.74) is 2.76. The van der Waals surface area contributed by atoms with Gasteiger partial charge in [-0.05, 0) is 55.1 Å². The van der Waals surface area contributed by atoms with Crippen LogP contribution in [-0.2, 0) is 11.3 Å². The molecule has 0 radical (unpaired) electrons. The lowest BCUT2D eigenvalue weighted by Crippen LogP contribution is -2.46. The third-order valence-corrected chi connectivity index (χ3v) is 6.67. The van der Waals surface area contributed by atoms with Crippen molar-refractivity contribution in [3.63, 3.8) is 0 Å². The lowest BCUT2D eigenvalue weighted by atomic mass is 9.52. The van der Waals surface area contributed by atoms with Crippen LogP contribution < -0.4 is 0 Å². The van der Waals surface area contributed by atoms with Gasteiger partial charge in [0.05, 0.1) is 19.3 Å². The van der Waals surface area contributed by atoms with Gasteiger partial charge in [-0.25, -0.2) is 0 Å². The average Bonchev–Trinajstić information content (AvgIpc) is 2.70. The molecule has 0 aliphatic heterocycles. The van der Waals surface area contributed by atoms with Gasteiger partial charge in [-0.1, -0.05) is 60.7 Å². The van der Waals surface area contributed by atoms with Crippen LogP contribution in [-0.4, -0.2) is 11.7 Å². The van der Waals surface area contributed by atoms with Gasteiger partial charge in [0.25, 0.3) is 0 Å². The predicted molar refractivity (Wildman–Crippen MR) is 100 cm³/mol. The Kier molecular flexibility index (Phi) is 4.66. The molecule has 5 rings (SSSR count). The Bertz CT molecular complexity index is 655. The smallest absolute Gasteiger partial charge is 0.0846 e. The Balaban J connectivity index is 1.35. The third kappa shape index (κ3) is 3.38. The summed E-state index contributed by atoms with van der Waals surface area (Å²) in [7, 11) is 0. The molecule has 1 atom stereocenters. The molecule has 2 bridgehead atoms. The van der Waals surface area contributed by atoms with Crippen molar-refractivity contribution in [3.8, 4) is 0 Å². The molecular weight excluding hydrogens is 308 g/mol. The van der Waals surface area contributed by atoms with E-state index in [1.54, 1.807) is 0 Å². The van der Waals surface area contributed by atoms with Gasteiger partial charge >= 0.3 is 0 Å². The van der Waals surface area contributed by atoms with Crippen LogP contribution in [0.4, 0.5) is 0 Å². The average molecular weight is 336 g/mol. The zero-order valence-electron chi connectivity index (χ0n) is 14.9. The quantitative estimate of drug-likeness (QED) is 0.778. The summed E-state index contributed by atoms with van der Waals surface area (Å²) < 4.78 is 6.09. The van der Waals surface area contributed by atoms with E-state index >= 15 is 0 Å². The van der Waals surface area contributed by atoms with Gasteiger partial charge in [-0.3, -0.25) is 0 Å². The van der Waals surface area contributed by atoms with Crippen molar-refractivity contribution in [1.82, 2.24) is 0 Å². The minimum Gasteiger partial charge on any atom is -0.388 e. The Morgan fingerprint density at radius 3 is 1.96 bits per heavy atom. The van der Waals surface area contributed by atoms with E-state index in [1.165, 1.54) is 24.8 Å². The van der Waals surface area contributed by atoms with E-state index in [2.05, 4.69) is 36.4 Å². The predicted octanol–water partition coefficient (Wildman–Crippen LogP) is 5.28. The van der Waals surface area contributed by atoms with Crippen LogP contribution in [0.1, 0.15) is 55.8 Å². The van der Waals surface area contributed by atoms with E-state index in [9.17, 15) is 5.11 Å². The van der Waals surface area contributed by atoms with Gasteiger partial charge in [-0.2, -0.15) is 0 Å². The fourth-order valence-electron chi connectivity index (χ4n) is 4.87. The van der Waals surface area contributed by atoms with Gasteiger partial charge in [-0.15, -0.1) is 0 Å². The van der Waals surface area contributed by atoms with E-state index in [0.717, 1.165) is 31.4 Å². The number of fused-ring (bicyclic) bond motifs is 3. The molecule has 3 saturated carbocycles. The van der Waals surface area contributed by atoms with E-state index < -0.39 is 0 Å². The molecule has 1 unspecified atom stereocenters. The normalized spacial score (nSPS) is 29.5. The molecule has 3 aliphatic carbocycles. The largest absolute Gasteiger partial charge is 0.388 e. The van der Waals surface area contributed by atoms with Crippen LogP contribution in [0.25, 0.3) is 0 Å². The molecule has 3 fully saturated rings. The number of rotatable bonds is 6. The number of ether oxygens (including phenoxy) is 1. The number of hydrogen-bond acceptors (Lipinski definition) is 2. The molecule has 1 N–H and O–H groups in total. The molecule has 2 aromatic carbocycles. The Morgan fingerprint density at radius 2 is 1.36 bits per heavy atom. The molecule has 2 aromatic rings. The molecule has 0 saturated heterocycles. The highest BCUT2D eigenvalue weighted by molar-refractivity contribution is 5.21. The van der Waals surface area contributed by atoms with E-state index in [0.29, 0.717) is 12.0 Å². The number of hydrogen-bond donors (Lipinski definition) is 1. The SMILES string of the molecule is OC(c1ccccc1)C12CCC(COCc3ccccc3)(CC1)CC2. The van der Waals surface area contributed by atoms with Crippen molar-refractivity contribution in [3.05, 3.63) is 71.8 Å². The summed E-state index contributed by atoms with van der Waals surface area (Å²) in [4.78, 5) is 0. The fraction of sp³-hybridized carbons (Fsp3) is 0.478. The van der Waals surface area contributed by atoms with Crippen LogP contribution in [0.3, 0.4) is 0 Å². The van der Waals surface area contributed by atoms with Gasteiger partial charge in [0.2, 0.25) is 0 Å². The molecular formula is C23H28O2. The first-order chi connectivity index (χ1) is 12.2. The van der Waals surface area contributed by atoms with Crippen LogP contribution >= 0.6 is 0 Å². The highest BCUT2D eigenvalue weighted by Crippen LogP contribution is 2.61. The highest BCUT2D eigenvalue weighted by atomic mass is 16.5. The Labute approximate surface area is 150 Å². The van der Waals surface area contributed by atoms with E-state index in [1.807, 2.05) is 24.3 Å². The maximum absolute atomic E-state index is 11.0. The lowest BCUT2D eigenvalue weighted by molar-refractivity contribution is -0.116. The van der Waals surface area contributed by atoms with Gasteiger partial charge < -0.3 is 9.84 Å². The summed E-state index contributed by atoms with van der Waals surface area (Å²) >= 11 is 0. The van der Waals surface area contributed by atoms with Crippen molar-refractivity contribution in [1.29, 1.82) is 0 Å². The van der Waals surface area contributed by atoms with Crippen LogP contribution in [0.5, 0.6) is 0 Å². The third-order valence-electron chi connectivity index (χ3n) is 6.67. The van der Waals surface area contributed by atoms with Gasteiger partial charge in [0.15, 0.2) is 0 Å². The monoisotopic (exact) mass is 336 g/mol. The van der Waals surface area contributed by atoms with Crippen molar-refractivity contribution in [2.45, 2.75) is 51.2 Å². The highest BCUT2D eigenvalue weighted by Gasteiger charge is 2.52. The van der Waals surface area contributed by atoms with Crippen molar-refractivity contribution in [2.75, 3.05) is 6.61 Å². The van der Waals surface area contributed by atoms with Crippen molar-refractivity contribution in [2.24, 2.45) is 10.8 Å². The first-order valence-electron chi connectivity index (χ1n) is 9.56. The zero-order valence-corrected chi connectivity index (χ0v) is 14.9. The minimum atomic E-state index is -0.322. The fourth-order valence-corrected chi connectivity index (χ4v) is 4.87. The standard InChI is InChI=1S/C23H28O2/c24-21(20-9-5-2-6-10-20)23-14-11-22(12-15-23,13-16-23)18-25-17-19-7-3-1-4-8-19/h1-10,21,24H,11-18H2. The second-order valence-electron chi connectivity index (χ2n) is 8.15. The lowest BCUT2D eigenvalue weighted by Gasteiger charge is -2.55. The second-order valence-corrected chi connectivity index (χ2v) is 8.15. The van der Waals surface area contributed by atoms with Crippen molar-refractivity contribution < 1.29 is 9.84 Å². The van der Waals surface area contributed by atoms with Gasteiger partial charge in [0, 0.05) is 5.41 Å². The summed E-state index contributed by atoms with van der Waals surface area (Å²) in [5, 5.41) is 11.0. The summed E-state index contributed by atoms with van der Waals surface area (Å²) in [6.45, 7) is 1.57. The molecule has 25 heavy (non-hydrogen) atoms. The molecule has 2 heteroatoms. The van der Waals surface area contributed by atoms with Crippen LogP contribution in [0, 0.1) is 10.8 Å². The molecule has 132 valence electrons. The number of benzene rings is 2. The van der Waals surface area contributed by atoms with Crippen LogP contribution in [0.15, 0.2) is 60.7 Å². The summed E-state index contributed by atoms with van der Waals surface area (Å²) in [6, 6.07) is 20.6. The Hall–Kier alpha value is -1.64.